The van der Waals surface area contributed by atoms with E-state index < -0.39 is 0 Å². The number of nitrogens with two attached hydrogens (primary N) is 1. The summed E-state index contributed by atoms with van der Waals surface area (Å²) in [4.78, 5) is 6.64. The van der Waals surface area contributed by atoms with Crippen molar-refractivity contribution in [3.05, 3.63) is 23.0 Å². The standard InChI is InChI=1S/C8H11N3S/c1-6-7(2-3-9)12-8-10-4-5-11(6)8/h4-5H,2-3,9H2,1H3. The van der Waals surface area contributed by atoms with Crippen LogP contribution in [-0.4, -0.2) is 15.9 Å². The first kappa shape index (κ1) is 7.76. The molecule has 0 saturated heterocycles. The smallest absolute Gasteiger partial charge is 0.194 e. The second kappa shape index (κ2) is 2.88. The van der Waals surface area contributed by atoms with Gasteiger partial charge in [0.2, 0.25) is 0 Å². The van der Waals surface area contributed by atoms with Crippen molar-refractivity contribution in [2.24, 2.45) is 5.73 Å². The van der Waals surface area contributed by atoms with Crippen LogP contribution in [0, 0.1) is 6.92 Å². The van der Waals surface area contributed by atoms with Gasteiger partial charge in [0, 0.05) is 23.0 Å². The Hall–Kier alpha value is -0.870. The van der Waals surface area contributed by atoms with Crippen molar-refractivity contribution in [3.63, 3.8) is 0 Å². The number of hydrogen-bond acceptors (Lipinski definition) is 3. The number of fused-ring (bicyclic) bond motifs is 1. The highest BCUT2D eigenvalue weighted by molar-refractivity contribution is 7.17. The van der Waals surface area contributed by atoms with Gasteiger partial charge in [0.25, 0.3) is 0 Å². The lowest BCUT2D eigenvalue weighted by atomic mass is 10.3. The Morgan fingerprint density at radius 3 is 3.17 bits per heavy atom. The first-order chi connectivity index (χ1) is 5.83. The summed E-state index contributed by atoms with van der Waals surface area (Å²) in [6.07, 6.45) is 4.77. The molecule has 0 spiro atoms. The van der Waals surface area contributed by atoms with Gasteiger partial charge in [-0.2, -0.15) is 0 Å². The summed E-state index contributed by atoms with van der Waals surface area (Å²) in [5, 5.41) is 0. The van der Waals surface area contributed by atoms with Crippen molar-refractivity contribution < 1.29 is 0 Å². The molecule has 2 heterocycles. The third kappa shape index (κ3) is 1.04. The summed E-state index contributed by atoms with van der Waals surface area (Å²) in [5.74, 6) is 0. The molecule has 0 aliphatic carbocycles. The van der Waals surface area contributed by atoms with Crippen LogP contribution in [0.1, 0.15) is 10.6 Å². The van der Waals surface area contributed by atoms with Crippen molar-refractivity contribution in [2.45, 2.75) is 13.3 Å². The first-order valence-corrected chi connectivity index (χ1v) is 4.76. The molecule has 2 aromatic rings. The maximum atomic E-state index is 5.50. The average Bonchev–Trinajstić information content (AvgIpc) is 2.58. The van der Waals surface area contributed by atoms with E-state index in [9.17, 15) is 0 Å². The van der Waals surface area contributed by atoms with E-state index in [2.05, 4.69) is 16.3 Å². The lowest BCUT2D eigenvalue weighted by molar-refractivity contribution is 0.958. The minimum Gasteiger partial charge on any atom is -0.330 e. The number of aromatic nitrogens is 2. The second-order valence-corrected chi connectivity index (χ2v) is 3.79. The SMILES string of the molecule is Cc1c(CCN)sc2nccn12. The molecular weight excluding hydrogens is 170 g/mol. The highest BCUT2D eigenvalue weighted by atomic mass is 32.1. The quantitative estimate of drug-likeness (QED) is 0.756. The van der Waals surface area contributed by atoms with Gasteiger partial charge >= 0.3 is 0 Å². The largest absolute Gasteiger partial charge is 0.330 e. The summed E-state index contributed by atoms with van der Waals surface area (Å²) in [6.45, 7) is 2.82. The topological polar surface area (TPSA) is 43.3 Å². The van der Waals surface area contributed by atoms with Crippen molar-refractivity contribution in [1.82, 2.24) is 9.38 Å². The van der Waals surface area contributed by atoms with E-state index in [0.29, 0.717) is 6.54 Å². The van der Waals surface area contributed by atoms with E-state index in [1.807, 2.05) is 12.4 Å². The molecule has 0 fully saturated rings. The predicted octanol–water partition coefficient (Wildman–Crippen LogP) is 1.21. The number of thiazole rings is 1. The Bertz CT molecular complexity index is 388. The predicted molar refractivity (Wildman–Crippen MR) is 50.6 cm³/mol. The summed E-state index contributed by atoms with van der Waals surface area (Å²) in [5.41, 5.74) is 6.77. The molecule has 64 valence electrons. The maximum absolute atomic E-state index is 5.50. The Balaban J connectivity index is 2.55. The second-order valence-electron chi connectivity index (χ2n) is 2.73. The van der Waals surface area contributed by atoms with Crippen molar-refractivity contribution in [3.8, 4) is 0 Å². The average molecular weight is 181 g/mol. The molecular formula is C8H11N3S. The van der Waals surface area contributed by atoms with Gasteiger partial charge in [0.15, 0.2) is 4.96 Å². The normalized spacial score (nSPS) is 11.2. The Labute approximate surface area is 74.8 Å². The number of aryl methyl sites for hydroxylation is 1. The molecule has 0 atom stereocenters. The Morgan fingerprint density at radius 1 is 1.67 bits per heavy atom. The first-order valence-electron chi connectivity index (χ1n) is 3.94. The molecule has 0 radical (unpaired) electrons. The molecule has 0 amide bonds. The van der Waals surface area contributed by atoms with Crippen LogP contribution in [0.25, 0.3) is 4.96 Å². The third-order valence-corrected chi connectivity index (χ3v) is 3.19. The van der Waals surface area contributed by atoms with Gasteiger partial charge in [0.1, 0.15) is 0 Å². The molecule has 0 bridgehead atoms. The minimum atomic E-state index is 0.713. The van der Waals surface area contributed by atoms with Gasteiger partial charge in [-0.05, 0) is 19.9 Å². The molecule has 3 nitrogen and oxygen atoms in total. The molecule has 2 N–H and O–H groups in total. The van der Waals surface area contributed by atoms with Gasteiger partial charge in [-0.1, -0.05) is 0 Å². The molecule has 2 aromatic heterocycles. The van der Waals surface area contributed by atoms with Crippen LogP contribution in [-0.2, 0) is 6.42 Å². The maximum Gasteiger partial charge on any atom is 0.194 e. The zero-order valence-electron chi connectivity index (χ0n) is 6.95. The van der Waals surface area contributed by atoms with Crippen molar-refractivity contribution in [2.75, 3.05) is 6.54 Å². The fourth-order valence-electron chi connectivity index (χ4n) is 1.30. The van der Waals surface area contributed by atoms with Gasteiger partial charge in [-0.25, -0.2) is 4.98 Å². The minimum absolute atomic E-state index is 0.713. The van der Waals surface area contributed by atoms with Gasteiger partial charge < -0.3 is 5.73 Å². The van der Waals surface area contributed by atoms with E-state index in [1.54, 1.807) is 11.3 Å². The van der Waals surface area contributed by atoms with E-state index >= 15 is 0 Å². The number of hydrogen-bond donors (Lipinski definition) is 1. The highest BCUT2D eigenvalue weighted by Crippen LogP contribution is 2.21. The van der Waals surface area contributed by atoms with Gasteiger partial charge in [-0.15, -0.1) is 11.3 Å². The van der Waals surface area contributed by atoms with E-state index in [-0.39, 0.29) is 0 Å². The van der Waals surface area contributed by atoms with E-state index in [4.69, 9.17) is 5.73 Å². The lowest BCUT2D eigenvalue weighted by Gasteiger charge is -1.94. The monoisotopic (exact) mass is 181 g/mol. The number of rotatable bonds is 2. The summed E-state index contributed by atoms with van der Waals surface area (Å²) in [7, 11) is 0. The zero-order valence-corrected chi connectivity index (χ0v) is 7.77. The number of nitrogens with zero attached hydrogens (tertiary/aromatic N) is 2. The third-order valence-electron chi connectivity index (χ3n) is 1.96. The molecule has 2 rings (SSSR count). The van der Waals surface area contributed by atoms with Gasteiger partial charge in [-0.3, -0.25) is 4.40 Å². The van der Waals surface area contributed by atoms with Crippen LogP contribution in [0.2, 0.25) is 0 Å². The lowest BCUT2D eigenvalue weighted by Crippen LogP contribution is -2.02. The van der Waals surface area contributed by atoms with Crippen molar-refractivity contribution >= 4 is 16.3 Å². The fourth-order valence-corrected chi connectivity index (χ4v) is 2.40. The Morgan fingerprint density at radius 2 is 2.50 bits per heavy atom. The molecule has 0 aliphatic heterocycles. The van der Waals surface area contributed by atoms with Crippen LogP contribution in [0.3, 0.4) is 0 Å². The molecule has 12 heavy (non-hydrogen) atoms. The fraction of sp³-hybridized carbons (Fsp3) is 0.375. The molecule has 4 heteroatoms. The Kier molecular flexibility index (Phi) is 1.86. The summed E-state index contributed by atoms with van der Waals surface area (Å²) in [6, 6.07) is 0. The van der Waals surface area contributed by atoms with Gasteiger partial charge in [0.05, 0.1) is 0 Å². The van der Waals surface area contributed by atoms with E-state index in [0.717, 1.165) is 11.4 Å². The van der Waals surface area contributed by atoms with E-state index in [1.165, 1.54) is 10.6 Å². The molecule has 0 aliphatic rings. The van der Waals surface area contributed by atoms with Crippen molar-refractivity contribution in [1.29, 1.82) is 0 Å². The summed E-state index contributed by atoms with van der Waals surface area (Å²) < 4.78 is 2.11. The zero-order chi connectivity index (χ0) is 8.55. The summed E-state index contributed by atoms with van der Waals surface area (Å²) >= 11 is 1.73. The highest BCUT2D eigenvalue weighted by Gasteiger charge is 2.06. The van der Waals surface area contributed by atoms with Crippen LogP contribution in [0.5, 0.6) is 0 Å². The van der Waals surface area contributed by atoms with Crippen LogP contribution >= 0.6 is 11.3 Å². The van der Waals surface area contributed by atoms with Crippen LogP contribution in [0.4, 0.5) is 0 Å². The molecule has 0 aromatic carbocycles. The molecule has 0 saturated carbocycles. The molecule has 0 unspecified atom stereocenters. The van der Waals surface area contributed by atoms with Crippen LogP contribution in [0.15, 0.2) is 12.4 Å². The number of imidazole rings is 1. The van der Waals surface area contributed by atoms with Crippen LogP contribution < -0.4 is 5.73 Å².